The van der Waals surface area contributed by atoms with Crippen LogP contribution in [0.3, 0.4) is 0 Å². The maximum Gasteiger partial charge on any atom is 0.271 e. The number of amides is 1. The van der Waals surface area contributed by atoms with Crippen molar-refractivity contribution in [3.8, 4) is 11.6 Å². The molecule has 1 aromatic heterocycles. The number of nitrogens with zero attached hydrogens (tertiary/aromatic N) is 2. The first-order valence-corrected chi connectivity index (χ1v) is 10.5. The first kappa shape index (κ1) is 21.0. The molecule has 0 radical (unpaired) electrons. The van der Waals surface area contributed by atoms with Gasteiger partial charge in [-0.2, -0.15) is 4.68 Å². The van der Waals surface area contributed by atoms with Crippen molar-refractivity contribution in [1.82, 2.24) is 9.78 Å². The smallest absolute Gasteiger partial charge is 0.271 e. The lowest BCUT2D eigenvalue weighted by Gasteiger charge is -2.15. The molecule has 3 aromatic rings. The summed E-state index contributed by atoms with van der Waals surface area (Å²) in [5.41, 5.74) is 1.75. The predicted octanol–water partition coefficient (Wildman–Crippen LogP) is 4.32. The van der Waals surface area contributed by atoms with Gasteiger partial charge in [0.2, 0.25) is 5.88 Å². The number of halogens is 1. The van der Waals surface area contributed by atoms with Crippen molar-refractivity contribution in [2.24, 2.45) is 0 Å². The number of ether oxygens (including phenoxy) is 1. The number of aromatic nitrogens is 2. The average molecular weight is 430 g/mol. The van der Waals surface area contributed by atoms with Gasteiger partial charge in [-0.1, -0.05) is 23.7 Å². The van der Waals surface area contributed by atoms with Crippen LogP contribution in [0, 0.1) is 6.92 Å². The topological polar surface area (TPSA) is 73.2 Å². The summed E-state index contributed by atoms with van der Waals surface area (Å²) in [5, 5.41) is 7.55. The monoisotopic (exact) mass is 429 g/mol. The van der Waals surface area contributed by atoms with E-state index in [0.29, 0.717) is 16.4 Å². The normalized spacial score (nSPS) is 11.7. The maximum atomic E-state index is 12.5. The third-order valence-corrected chi connectivity index (χ3v) is 5.14. The number of rotatable bonds is 6. The van der Waals surface area contributed by atoms with Crippen molar-refractivity contribution in [2.45, 2.75) is 24.8 Å². The molecule has 0 aliphatic heterocycles. The fourth-order valence-corrected chi connectivity index (χ4v) is 3.25. The van der Waals surface area contributed by atoms with Crippen LogP contribution >= 0.6 is 23.4 Å². The van der Waals surface area contributed by atoms with E-state index in [0.717, 1.165) is 10.5 Å². The molecule has 0 fully saturated rings. The number of carbonyl (C=O) groups is 1. The Morgan fingerprint density at radius 1 is 1.21 bits per heavy atom. The zero-order valence-corrected chi connectivity index (χ0v) is 17.8. The van der Waals surface area contributed by atoms with E-state index in [9.17, 15) is 9.59 Å². The van der Waals surface area contributed by atoms with Crippen LogP contribution in [0.15, 0.2) is 64.3 Å². The van der Waals surface area contributed by atoms with Gasteiger partial charge in [0.1, 0.15) is 0 Å². The summed E-state index contributed by atoms with van der Waals surface area (Å²) < 4.78 is 6.88. The number of aryl methyl sites for hydroxylation is 1. The summed E-state index contributed by atoms with van der Waals surface area (Å²) in [5.74, 6) is -0.161. The number of thioether (sulfide) groups is 1. The Kier molecular flexibility index (Phi) is 6.61. The molecule has 29 heavy (non-hydrogen) atoms. The highest BCUT2D eigenvalue weighted by Gasteiger charge is 2.17. The standard InChI is InChI=1S/C21H20ClN3O3S/c1-13-7-8-15(22)11-18(13)25-20(26)10-9-19(24-25)28-14(2)21(27)23-16-5-4-6-17(12-16)29-3/h4-12,14H,1-3H3,(H,23,27)/t14-/m1/s1. The molecule has 1 heterocycles. The Bertz CT molecular complexity index is 1100. The van der Waals surface area contributed by atoms with E-state index in [4.69, 9.17) is 16.3 Å². The molecule has 3 rings (SSSR count). The molecule has 0 aliphatic rings. The molecule has 0 saturated carbocycles. The number of hydrogen-bond acceptors (Lipinski definition) is 5. The third kappa shape index (κ3) is 5.19. The second-order valence-electron chi connectivity index (χ2n) is 6.33. The minimum atomic E-state index is -0.813. The van der Waals surface area contributed by atoms with Crippen molar-refractivity contribution in [2.75, 3.05) is 11.6 Å². The first-order chi connectivity index (χ1) is 13.9. The third-order valence-electron chi connectivity index (χ3n) is 4.18. The molecule has 2 aromatic carbocycles. The van der Waals surface area contributed by atoms with Gasteiger partial charge in [-0.15, -0.1) is 16.9 Å². The SMILES string of the molecule is CSc1cccc(NC(=O)[C@@H](C)Oc2ccc(=O)n(-c3cc(Cl)ccc3C)n2)c1. The molecular weight excluding hydrogens is 410 g/mol. The van der Waals surface area contributed by atoms with Gasteiger partial charge in [0.05, 0.1) is 5.69 Å². The Labute approximate surface area is 177 Å². The summed E-state index contributed by atoms with van der Waals surface area (Å²) >= 11 is 7.64. The molecule has 0 unspecified atom stereocenters. The number of nitrogens with one attached hydrogen (secondary N) is 1. The molecule has 6 nitrogen and oxygen atoms in total. The molecule has 0 saturated heterocycles. The van der Waals surface area contributed by atoms with Crippen LogP contribution in [0.25, 0.3) is 5.69 Å². The van der Waals surface area contributed by atoms with Crippen LogP contribution < -0.4 is 15.6 Å². The predicted molar refractivity (Wildman–Crippen MR) is 117 cm³/mol. The van der Waals surface area contributed by atoms with E-state index >= 15 is 0 Å². The molecular formula is C21H20ClN3O3S. The van der Waals surface area contributed by atoms with Crippen LogP contribution in [0.1, 0.15) is 12.5 Å². The second kappa shape index (κ2) is 9.15. The molecule has 0 bridgehead atoms. The van der Waals surface area contributed by atoms with Crippen LogP contribution in [-0.2, 0) is 4.79 Å². The van der Waals surface area contributed by atoms with Crippen LogP contribution in [-0.4, -0.2) is 28.0 Å². The van der Waals surface area contributed by atoms with E-state index in [2.05, 4.69) is 10.4 Å². The number of anilines is 1. The summed E-state index contributed by atoms with van der Waals surface area (Å²) in [7, 11) is 0. The molecule has 0 spiro atoms. The highest BCUT2D eigenvalue weighted by molar-refractivity contribution is 7.98. The fourth-order valence-electron chi connectivity index (χ4n) is 2.62. The van der Waals surface area contributed by atoms with E-state index < -0.39 is 6.10 Å². The lowest BCUT2D eigenvalue weighted by atomic mass is 10.2. The summed E-state index contributed by atoms with van der Waals surface area (Å²) in [6, 6.07) is 15.5. The van der Waals surface area contributed by atoms with Crippen LogP contribution in [0.5, 0.6) is 5.88 Å². The van der Waals surface area contributed by atoms with Gasteiger partial charge in [0.15, 0.2) is 6.10 Å². The second-order valence-corrected chi connectivity index (χ2v) is 7.65. The van der Waals surface area contributed by atoms with Gasteiger partial charge in [-0.25, -0.2) is 0 Å². The highest BCUT2D eigenvalue weighted by Crippen LogP contribution is 2.20. The lowest BCUT2D eigenvalue weighted by Crippen LogP contribution is -2.31. The summed E-state index contributed by atoms with van der Waals surface area (Å²) in [6.07, 6.45) is 1.15. The highest BCUT2D eigenvalue weighted by atomic mass is 35.5. The Morgan fingerprint density at radius 2 is 2.00 bits per heavy atom. The van der Waals surface area contributed by atoms with Crippen molar-refractivity contribution < 1.29 is 9.53 Å². The van der Waals surface area contributed by atoms with Crippen molar-refractivity contribution >= 4 is 35.0 Å². The van der Waals surface area contributed by atoms with Gasteiger partial charge < -0.3 is 10.1 Å². The molecule has 8 heteroatoms. The van der Waals surface area contributed by atoms with E-state index in [1.807, 2.05) is 37.4 Å². The number of carbonyl (C=O) groups excluding carboxylic acids is 1. The van der Waals surface area contributed by atoms with Gasteiger partial charge in [-0.05, 0) is 56.0 Å². The van der Waals surface area contributed by atoms with Crippen molar-refractivity contribution in [1.29, 1.82) is 0 Å². The number of benzene rings is 2. The Morgan fingerprint density at radius 3 is 2.76 bits per heavy atom. The average Bonchev–Trinajstić information content (AvgIpc) is 2.71. The quantitative estimate of drug-likeness (QED) is 0.590. The van der Waals surface area contributed by atoms with Crippen LogP contribution in [0.2, 0.25) is 5.02 Å². The van der Waals surface area contributed by atoms with Crippen molar-refractivity contribution in [3.05, 3.63) is 75.5 Å². The molecule has 1 N–H and O–H groups in total. The van der Waals surface area contributed by atoms with Crippen molar-refractivity contribution in [3.63, 3.8) is 0 Å². The van der Waals surface area contributed by atoms with E-state index in [-0.39, 0.29) is 17.3 Å². The Hall–Kier alpha value is -2.77. The van der Waals surface area contributed by atoms with Gasteiger partial charge in [0, 0.05) is 27.7 Å². The lowest BCUT2D eigenvalue weighted by molar-refractivity contribution is -0.122. The van der Waals surface area contributed by atoms with E-state index in [1.165, 1.54) is 16.8 Å². The molecule has 1 amide bonds. The Balaban J connectivity index is 1.78. The molecule has 1 atom stereocenters. The van der Waals surface area contributed by atoms with Gasteiger partial charge >= 0.3 is 0 Å². The summed E-state index contributed by atoms with van der Waals surface area (Å²) in [6.45, 7) is 3.47. The first-order valence-electron chi connectivity index (χ1n) is 8.86. The zero-order chi connectivity index (χ0) is 21.0. The maximum absolute atomic E-state index is 12.5. The fraction of sp³-hybridized carbons (Fsp3) is 0.190. The number of hydrogen-bond donors (Lipinski definition) is 1. The molecule has 150 valence electrons. The van der Waals surface area contributed by atoms with E-state index in [1.54, 1.807) is 36.9 Å². The zero-order valence-electron chi connectivity index (χ0n) is 16.2. The minimum absolute atomic E-state index is 0.157. The van der Waals surface area contributed by atoms with Gasteiger partial charge in [0.25, 0.3) is 11.5 Å². The van der Waals surface area contributed by atoms with Gasteiger partial charge in [-0.3, -0.25) is 9.59 Å². The largest absolute Gasteiger partial charge is 0.463 e. The van der Waals surface area contributed by atoms with Crippen LogP contribution in [0.4, 0.5) is 5.69 Å². The minimum Gasteiger partial charge on any atom is -0.463 e. The summed E-state index contributed by atoms with van der Waals surface area (Å²) in [4.78, 5) is 25.8. The molecule has 0 aliphatic carbocycles.